The Kier molecular flexibility index (Phi) is 9.08. The van der Waals surface area contributed by atoms with Crippen molar-refractivity contribution in [2.75, 3.05) is 0 Å². The summed E-state index contributed by atoms with van der Waals surface area (Å²) in [6.45, 7) is 0. The summed E-state index contributed by atoms with van der Waals surface area (Å²) in [6, 6.07) is 78.3. The Morgan fingerprint density at radius 1 is 0.203 bits per heavy atom. The highest BCUT2D eigenvalue weighted by Crippen LogP contribution is 2.41. The maximum atomic E-state index is 5.24. The molecule has 0 aliphatic rings. The van der Waals surface area contributed by atoms with Gasteiger partial charge in [0.1, 0.15) is 0 Å². The maximum absolute atomic E-state index is 5.24. The molecular weight excluding hydrogens is 779 g/mol. The van der Waals surface area contributed by atoms with E-state index in [0.717, 1.165) is 88.2 Å². The van der Waals surface area contributed by atoms with Crippen LogP contribution in [0.1, 0.15) is 0 Å². The van der Waals surface area contributed by atoms with E-state index in [4.69, 9.17) is 24.9 Å². The predicted octanol–water partition coefficient (Wildman–Crippen LogP) is 14.9. The van der Waals surface area contributed by atoms with E-state index < -0.39 is 0 Å². The Balaban J connectivity index is 1.02. The van der Waals surface area contributed by atoms with Crippen LogP contribution < -0.4 is 0 Å². The van der Waals surface area contributed by atoms with E-state index in [0.29, 0.717) is 23.3 Å². The highest BCUT2D eigenvalue weighted by Gasteiger charge is 2.19. The summed E-state index contributed by atoms with van der Waals surface area (Å²) in [5.41, 5.74) is 9.87. The van der Waals surface area contributed by atoms with Crippen molar-refractivity contribution in [2.24, 2.45) is 0 Å². The van der Waals surface area contributed by atoms with Gasteiger partial charge in [-0.2, -0.15) is 0 Å². The predicted molar refractivity (Wildman–Crippen MR) is 263 cm³/mol. The van der Waals surface area contributed by atoms with Crippen molar-refractivity contribution in [3.8, 4) is 79.2 Å². The molecule has 0 atom stereocenters. The molecule has 298 valence electrons. The van der Waals surface area contributed by atoms with Crippen molar-refractivity contribution in [1.82, 2.24) is 24.9 Å². The van der Waals surface area contributed by atoms with Crippen molar-refractivity contribution >= 4 is 43.1 Å². The molecule has 0 unspecified atom stereocenters. The lowest BCUT2D eigenvalue weighted by Gasteiger charge is -2.16. The van der Waals surface area contributed by atoms with Gasteiger partial charge in [-0.25, -0.2) is 24.9 Å². The molecule has 5 heteroatoms. The van der Waals surface area contributed by atoms with Gasteiger partial charge in [-0.05, 0) is 84.5 Å². The molecular formula is C59H37N5. The smallest absolute Gasteiger partial charge is 0.164 e. The van der Waals surface area contributed by atoms with Gasteiger partial charge in [-0.3, -0.25) is 0 Å². The van der Waals surface area contributed by atoms with Crippen LogP contribution in [-0.4, -0.2) is 24.9 Å². The molecule has 12 aromatic rings. The number of hydrogen-bond acceptors (Lipinski definition) is 5. The SMILES string of the molecule is c1ccc(-c2cc(-c3ccccc3)nc(-c3ccc(-c4ccc(-c5nc(-c6ccc7ccccc7c6)nc(-c6ccc7ccccc7c6)n5)c5ccccc45)c4ccccc34)n2)cc1. The van der Waals surface area contributed by atoms with Crippen molar-refractivity contribution in [1.29, 1.82) is 0 Å². The highest BCUT2D eigenvalue weighted by atomic mass is 15.0. The summed E-state index contributed by atoms with van der Waals surface area (Å²) in [5.74, 6) is 2.56. The van der Waals surface area contributed by atoms with Gasteiger partial charge in [-0.15, -0.1) is 0 Å². The summed E-state index contributed by atoms with van der Waals surface area (Å²) in [7, 11) is 0. The van der Waals surface area contributed by atoms with Crippen LogP contribution in [0.25, 0.3) is 122 Å². The Hall–Kier alpha value is -8.67. The number of aromatic nitrogens is 5. The van der Waals surface area contributed by atoms with Gasteiger partial charge < -0.3 is 0 Å². The van der Waals surface area contributed by atoms with Gasteiger partial charge in [0.2, 0.25) is 0 Å². The minimum absolute atomic E-state index is 0.619. The fourth-order valence-corrected chi connectivity index (χ4v) is 8.95. The van der Waals surface area contributed by atoms with E-state index in [9.17, 15) is 0 Å². The minimum atomic E-state index is 0.619. The summed E-state index contributed by atoms with van der Waals surface area (Å²) >= 11 is 0. The monoisotopic (exact) mass is 815 g/mol. The van der Waals surface area contributed by atoms with Gasteiger partial charge in [0.15, 0.2) is 23.3 Å². The third-order valence-corrected chi connectivity index (χ3v) is 12.1. The molecule has 2 aromatic heterocycles. The highest BCUT2D eigenvalue weighted by molar-refractivity contribution is 6.11. The molecule has 0 aliphatic carbocycles. The van der Waals surface area contributed by atoms with Gasteiger partial charge in [0.05, 0.1) is 11.4 Å². The van der Waals surface area contributed by atoms with Crippen molar-refractivity contribution < 1.29 is 0 Å². The van der Waals surface area contributed by atoms with E-state index >= 15 is 0 Å². The first-order chi connectivity index (χ1) is 31.7. The Morgan fingerprint density at radius 3 is 1.00 bits per heavy atom. The minimum Gasteiger partial charge on any atom is -0.228 e. The fourth-order valence-electron chi connectivity index (χ4n) is 8.95. The number of benzene rings is 10. The zero-order valence-electron chi connectivity index (χ0n) is 34.6. The van der Waals surface area contributed by atoms with E-state index in [1.54, 1.807) is 0 Å². The first-order valence-corrected chi connectivity index (χ1v) is 21.5. The molecule has 2 heterocycles. The van der Waals surface area contributed by atoms with Crippen molar-refractivity contribution in [3.63, 3.8) is 0 Å². The number of rotatable bonds is 7. The second-order valence-corrected chi connectivity index (χ2v) is 16.0. The van der Waals surface area contributed by atoms with Crippen LogP contribution in [-0.2, 0) is 0 Å². The zero-order chi connectivity index (χ0) is 42.4. The molecule has 0 aliphatic heterocycles. The third-order valence-electron chi connectivity index (χ3n) is 12.1. The quantitative estimate of drug-likeness (QED) is 0.160. The summed E-state index contributed by atoms with van der Waals surface area (Å²) < 4.78 is 0. The van der Waals surface area contributed by atoms with Crippen LogP contribution >= 0.6 is 0 Å². The number of hydrogen-bond donors (Lipinski definition) is 0. The van der Waals surface area contributed by atoms with Crippen LogP contribution in [0.15, 0.2) is 224 Å². The number of nitrogens with zero attached hydrogens (tertiary/aromatic N) is 5. The average molecular weight is 816 g/mol. The Labute approximate surface area is 370 Å². The Bertz CT molecular complexity index is 3580. The topological polar surface area (TPSA) is 64.5 Å². The molecule has 64 heavy (non-hydrogen) atoms. The van der Waals surface area contributed by atoms with Crippen LogP contribution in [0, 0.1) is 0 Å². The van der Waals surface area contributed by atoms with Gasteiger partial charge >= 0.3 is 0 Å². The third kappa shape index (κ3) is 6.73. The lowest BCUT2D eigenvalue weighted by molar-refractivity contribution is 1.08. The second kappa shape index (κ2) is 15.7. The molecule has 0 saturated carbocycles. The lowest BCUT2D eigenvalue weighted by atomic mass is 9.90. The molecule has 0 amide bonds. The van der Waals surface area contributed by atoms with Crippen LogP contribution in [0.4, 0.5) is 0 Å². The average Bonchev–Trinajstić information content (AvgIpc) is 3.38. The molecule has 0 fully saturated rings. The van der Waals surface area contributed by atoms with Crippen LogP contribution in [0.2, 0.25) is 0 Å². The molecule has 0 spiro atoms. The van der Waals surface area contributed by atoms with E-state index in [-0.39, 0.29) is 0 Å². The molecule has 0 radical (unpaired) electrons. The summed E-state index contributed by atoms with van der Waals surface area (Å²) in [6.07, 6.45) is 0. The Morgan fingerprint density at radius 2 is 0.547 bits per heavy atom. The standard InChI is InChI=1S/C59H37N5/c1-3-17-40(18-4-1)54-37-55(41-19-5-2-6-20-41)61-58(60-54)52-33-31-50(46-23-11-13-25-48(46)52)51-32-34-53(49-26-14-12-24-47(49)51)59-63-56(44-29-27-38-15-7-9-21-42(38)35-44)62-57(64-59)45-30-28-39-16-8-10-22-43(39)36-45/h1-37H. The maximum Gasteiger partial charge on any atom is 0.164 e. The zero-order valence-corrected chi connectivity index (χ0v) is 34.6. The second-order valence-electron chi connectivity index (χ2n) is 16.0. The van der Waals surface area contributed by atoms with Crippen LogP contribution in [0.5, 0.6) is 0 Å². The molecule has 0 bridgehead atoms. The molecule has 0 saturated heterocycles. The van der Waals surface area contributed by atoms with Gasteiger partial charge in [0, 0.05) is 33.4 Å². The van der Waals surface area contributed by atoms with E-state index in [1.807, 2.05) is 36.4 Å². The summed E-state index contributed by atoms with van der Waals surface area (Å²) in [4.78, 5) is 26.0. The lowest BCUT2D eigenvalue weighted by Crippen LogP contribution is -2.01. The van der Waals surface area contributed by atoms with Crippen molar-refractivity contribution in [3.05, 3.63) is 224 Å². The fraction of sp³-hybridized carbons (Fsp3) is 0. The number of fused-ring (bicyclic) bond motifs is 4. The first kappa shape index (κ1) is 37.1. The van der Waals surface area contributed by atoms with Crippen molar-refractivity contribution in [2.45, 2.75) is 0 Å². The molecule has 0 N–H and O–H groups in total. The molecule has 10 aromatic carbocycles. The molecule has 12 rings (SSSR count). The van der Waals surface area contributed by atoms with Crippen LogP contribution in [0.3, 0.4) is 0 Å². The summed E-state index contributed by atoms with van der Waals surface area (Å²) in [5, 5.41) is 8.96. The normalized spacial score (nSPS) is 11.4. The van der Waals surface area contributed by atoms with Gasteiger partial charge in [0.25, 0.3) is 0 Å². The van der Waals surface area contributed by atoms with E-state index in [2.05, 4.69) is 188 Å². The first-order valence-electron chi connectivity index (χ1n) is 21.5. The van der Waals surface area contributed by atoms with E-state index in [1.165, 1.54) is 10.8 Å². The molecule has 5 nitrogen and oxygen atoms in total. The largest absolute Gasteiger partial charge is 0.228 e. The van der Waals surface area contributed by atoms with Gasteiger partial charge in [-0.1, -0.05) is 194 Å².